The van der Waals surface area contributed by atoms with Gasteiger partial charge in [0.2, 0.25) is 0 Å². The summed E-state index contributed by atoms with van der Waals surface area (Å²) in [7, 11) is 3.02. The van der Waals surface area contributed by atoms with Gasteiger partial charge in [-0.3, -0.25) is 0 Å². The fraction of sp³-hybridized carbons (Fsp3) is 0.188. The van der Waals surface area contributed by atoms with E-state index in [0.29, 0.717) is 12.3 Å². The number of anilines is 2. The van der Waals surface area contributed by atoms with Crippen LogP contribution in [0, 0.1) is 5.82 Å². The Morgan fingerprint density at radius 1 is 1.09 bits per heavy atom. The largest absolute Gasteiger partial charge is 0.494 e. The topological polar surface area (TPSA) is 59.6 Å². The minimum atomic E-state index is -0.565. The van der Waals surface area contributed by atoms with Gasteiger partial charge < -0.3 is 20.1 Å². The fourth-order valence-electron chi connectivity index (χ4n) is 1.92. The number of nitrogens with one attached hydrogen (secondary N) is 2. The van der Waals surface area contributed by atoms with E-state index in [9.17, 15) is 9.18 Å². The maximum atomic E-state index is 13.7. The van der Waals surface area contributed by atoms with Crippen LogP contribution in [0.15, 0.2) is 42.5 Å². The van der Waals surface area contributed by atoms with Crippen molar-refractivity contribution in [1.29, 1.82) is 0 Å². The van der Waals surface area contributed by atoms with E-state index in [1.54, 1.807) is 25.3 Å². The lowest BCUT2D eigenvalue weighted by Crippen LogP contribution is -2.20. The number of methoxy groups -OCH3 is 2. The molecule has 0 heterocycles. The highest BCUT2D eigenvalue weighted by molar-refractivity contribution is 6.00. The quantitative estimate of drug-likeness (QED) is 0.887. The first-order chi connectivity index (χ1) is 10.6. The Morgan fingerprint density at radius 3 is 2.45 bits per heavy atom. The minimum Gasteiger partial charge on any atom is -0.494 e. The van der Waals surface area contributed by atoms with E-state index in [0.717, 1.165) is 5.56 Å². The molecule has 0 aromatic heterocycles. The summed E-state index contributed by atoms with van der Waals surface area (Å²) in [6.45, 7) is 0.499. The van der Waals surface area contributed by atoms with E-state index in [1.807, 2.05) is 12.1 Å². The normalized spacial score (nSPS) is 10.1. The number of benzene rings is 2. The predicted octanol–water partition coefficient (Wildman–Crippen LogP) is 3.62. The van der Waals surface area contributed by atoms with Crippen LogP contribution in [-0.2, 0) is 11.3 Å². The molecule has 6 heteroatoms. The van der Waals surface area contributed by atoms with Crippen LogP contribution >= 0.6 is 0 Å². The first kappa shape index (κ1) is 15.8. The van der Waals surface area contributed by atoms with Crippen molar-refractivity contribution in [2.45, 2.75) is 6.61 Å². The van der Waals surface area contributed by atoms with E-state index in [-0.39, 0.29) is 11.4 Å². The number of para-hydroxylation sites is 1. The van der Waals surface area contributed by atoms with Gasteiger partial charge in [0, 0.05) is 12.8 Å². The van der Waals surface area contributed by atoms with Gasteiger partial charge in [-0.05, 0) is 29.8 Å². The third-order valence-corrected chi connectivity index (χ3v) is 2.96. The van der Waals surface area contributed by atoms with Gasteiger partial charge in [-0.2, -0.15) is 0 Å². The first-order valence-electron chi connectivity index (χ1n) is 6.62. The van der Waals surface area contributed by atoms with Crippen LogP contribution in [0.2, 0.25) is 0 Å². The third kappa shape index (κ3) is 3.95. The highest BCUT2D eigenvalue weighted by Gasteiger charge is 2.12. The second-order valence-electron chi connectivity index (χ2n) is 4.53. The molecule has 2 aromatic carbocycles. The van der Waals surface area contributed by atoms with Crippen molar-refractivity contribution in [3.63, 3.8) is 0 Å². The van der Waals surface area contributed by atoms with Gasteiger partial charge >= 0.3 is 6.03 Å². The molecule has 0 bridgehead atoms. The maximum Gasteiger partial charge on any atom is 0.323 e. The van der Waals surface area contributed by atoms with E-state index >= 15 is 0 Å². The molecule has 22 heavy (non-hydrogen) atoms. The summed E-state index contributed by atoms with van der Waals surface area (Å²) < 4.78 is 23.8. The third-order valence-electron chi connectivity index (χ3n) is 2.96. The molecule has 2 rings (SSSR count). The van der Waals surface area contributed by atoms with Crippen LogP contribution in [0.5, 0.6) is 5.75 Å². The number of ether oxygens (including phenoxy) is 2. The molecular formula is C16H17FN2O3. The van der Waals surface area contributed by atoms with Gasteiger partial charge in [0.1, 0.15) is 11.4 Å². The smallest absolute Gasteiger partial charge is 0.323 e. The molecule has 0 radical (unpaired) electrons. The molecule has 0 saturated carbocycles. The Bertz CT molecular complexity index is 644. The predicted molar refractivity (Wildman–Crippen MR) is 82.7 cm³/mol. The number of carbonyl (C=O) groups excluding carboxylic acids is 1. The van der Waals surface area contributed by atoms with Gasteiger partial charge in [-0.15, -0.1) is 0 Å². The Balaban J connectivity index is 2.04. The van der Waals surface area contributed by atoms with Crippen LogP contribution in [0.25, 0.3) is 0 Å². The van der Waals surface area contributed by atoms with Crippen molar-refractivity contribution in [2.24, 2.45) is 0 Å². The van der Waals surface area contributed by atoms with Crippen molar-refractivity contribution in [3.8, 4) is 5.75 Å². The SMILES string of the molecule is COCc1ccc(NC(=O)Nc2c(F)cccc2OC)cc1. The summed E-state index contributed by atoms with van der Waals surface area (Å²) in [6, 6.07) is 10.9. The molecule has 0 saturated heterocycles. The minimum absolute atomic E-state index is 0.00139. The number of rotatable bonds is 5. The van der Waals surface area contributed by atoms with Gasteiger partial charge in [0.25, 0.3) is 0 Å². The van der Waals surface area contributed by atoms with Crippen LogP contribution in [0.3, 0.4) is 0 Å². The van der Waals surface area contributed by atoms with Crippen molar-refractivity contribution >= 4 is 17.4 Å². The number of amides is 2. The lowest BCUT2D eigenvalue weighted by Gasteiger charge is -2.12. The molecule has 2 aromatic rings. The first-order valence-corrected chi connectivity index (χ1v) is 6.62. The molecule has 0 spiro atoms. The van der Waals surface area contributed by atoms with E-state index in [4.69, 9.17) is 9.47 Å². The molecule has 0 aliphatic heterocycles. The molecule has 116 valence electrons. The summed E-state index contributed by atoms with van der Waals surface area (Å²) in [5, 5.41) is 5.07. The zero-order valence-corrected chi connectivity index (χ0v) is 12.4. The number of hydrogen-bond donors (Lipinski definition) is 2. The van der Waals surface area contributed by atoms with E-state index in [1.165, 1.54) is 19.2 Å². The molecule has 2 amide bonds. The van der Waals surface area contributed by atoms with E-state index < -0.39 is 11.8 Å². The molecule has 0 unspecified atom stereocenters. The van der Waals surface area contributed by atoms with Gasteiger partial charge in [0.05, 0.1) is 13.7 Å². The second-order valence-corrected chi connectivity index (χ2v) is 4.53. The molecule has 0 aliphatic rings. The van der Waals surface area contributed by atoms with Crippen molar-refractivity contribution < 1.29 is 18.7 Å². The molecule has 0 atom stereocenters. The number of carbonyl (C=O) groups is 1. The van der Waals surface area contributed by atoms with Gasteiger partial charge in [-0.25, -0.2) is 9.18 Å². The lowest BCUT2D eigenvalue weighted by atomic mass is 10.2. The molecule has 5 nitrogen and oxygen atoms in total. The molecule has 0 fully saturated rings. The monoisotopic (exact) mass is 304 g/mol. The molecule has 0 aliphatic carbocycles. The van der Waals surface area contributed by atoms with Crippen LogP contribution < -0.4 is 15.4 Å². The summed E-state index contributed by atoms with van der Waals surface area (Å²) in [5.41, 5.74) is 1.58. The average Bonchev–Trinajstić information content (AvgIpc) is 2.51. The highest BCUT2D eigenvalue weighted by Crippen LogP contribution is 2.27. The Labute approximate surface area is 128 Å². The zero-order chi connectivity index (χ0) is 15.9. The fourth-order valence-corrected chi connectivity index (χ4v) is 1.92. The summed E-state index contributed by atoms with van der Waals surface area (Å²) in [5.74, 6) is -0.310. The number of hydrogen-bond acceptors (Lipinski definition) is 3. The Hall–Kier alpha value is -2.60. The number of urea groups is 1. The molecule has 2 N–H and O–H groups in total. The Morgan fingerprint density at radius 2 is 1.82 bits per heavy atom. The maximum absolute atomic E-state index is 13.7. The van der Waals surface area contributed by atoms with Gasteiger partial charge in [-0.1, -0.05) is 18.2 Å². The highest BCUT2D eigenvalue weighted by atomic mass is 19.1. The molecular weight excluding hydrogens is 287 g/mol. The Kier molecular flexibility index (Phi) is 5.32. The van der Waals surface area contributed by atoms with Crippen LogP contribution in [0.4, 0.5) is 20.6 Å². The van der Waals surface area contributed by atoms with Gasteiger partial charge in [0.15, 0.2) is 5.82 Å². The second kappa shape index (κ2) is 7.42. The van der Waals surface area contributed by atoms with Crippen LogP contribution in [-0.4, -0.2) is 20.3 Å². The average molecular weight is 304 g/mol. The van der Waals surface area contributed by atoms with Crippen LogP contribution in [0.1, 0.15) is 5.56 Å². The summed E-state index contributed by atoms with van der Waals surface area (Å²) in [6.07, 6.45) is 0. The summed E-state index contributed by atoms with van der Waals surface area (Å²) >= 11 is 0. The van der Waals surface area contributed by atoms with Crippen molar-refractivity contribution in [3.05, 3.63) is 53.8 Å². The number of halogens is 1. The lowest BCUT2D eigenvalue weighted by molar-refractivity contribution is 0.185. The van der Waals surface area contributed by atoms with Crippen molar-refractivity contribution in [2.75, 3.05) is 24.9 Å². The van der Waals surface area contributed by atoms with Crippen molar-refractivity contribution in [1.82, 2.24) is 0 Å². The summed E-state index contributed by atoms with van der Waals surface area (Å²) in [4.78, 5) is 11.9. The standard InChI is InChI=1S/C16H17FN2O3/c1-21-10-11-6-8-12(9-7-11)18-16(20)19-15-13(17)4-3-5-14(15)22-2/h3-9H,10H2,1-2H3,(H2,18,19,20). The zero-order valence-electron chi connectivity index (χ0n) is 12.4. The van der Waals surface area contributed by atoms with E-state index in [2.05, 4.69) is 10.6 Å².